The summed E-state index contributed by atoms with van der Waals surface area (Å²) in [6.45, 7) is -0.270. The van der Waals surface area contributed by atoms with Crippen LogP contribution in [-0.2, 0) is 4.74 Å². The fourth-order valence-electron chi connectivity index (χ4n) is 1.68. The molecule has 2 heterocycles. The van der Waals surface area contributed by atoms with E-state index in [1.54, 1.807) is 0 Å². The highest BCUT2D eigenvalue weighted by atomic mass is 19.1. The molecule has 0 aromatic carbocycles. The van der Waals surface area contributed by atoms with Crippen LogP contribution < -0.4 is 11.4 Å². The summed E-state index contributed by atoms with van der Waals surface area (Å²) in [4.78, 5) is 14.9. The fraction of sp³-hybridized carbons (Fsp3) is 0.556. The molecule has 16 heavy (non-hydrogen) atoms. The Hall–Kier alpha value is -1.47. The highest BCUT2D eigenvalue weighted by molar-refractivity contribution is 5.23. The molecule has 1 aliphatic rings. The molecular formula is C9H12FN3O3. The summed E-state index contributed by atoms with van der Waals surface area (Å²) in [5, 5.41) is 8.85. The number of anilines is 1. The molecule has 0 bridgehead atoms. The number of nitrogen functional groups attached to an aromatic ring is 1. The number of nitrogens with two attached hydrogens (primary N) is 1. The van der Waals surface area contributed by atoms with Crippen molar-refractivity contribution in [3.63, 3.8) is 0 Å². The van der Waals surface area contributed by atoms with Crippen LogP contribution in [-0.4, -0.2) is 33.5 Å². The molecule has 2 unspecified atom stereocenters. The first kappa shape index (κ1) is 11.0. The second-order valence-electron chi connectivity index (χ2n) is 3.63. The maximum absolute atomic E-state index is 13.5. The van der Waals surface area contributed by atoms with Gasteiger partial charge in [0.05, 0.1) is 12.7 Å². The number of halogens is 1. The van der Waals surface area contributed by atoms with Gasteiger partial charge in [-0.15, -0.1) is 0 Å². The summed E-state index contributed by atoms with van der Waals surface area (Å²) in [7, 11) is 0. The van der Waals surface area contributed by atoms with Crippen molar-refractivity contribution in [3.8, 4) is 0 Å². The number of aliphatic hydroxyl groups is 1. The maximum atomic E-state index is 13.5. The Labute approximate surface area is 90.5 Å². The number of nitrogens with zero attached hydrogens (tertiary/aromatic N) is 2. The van der Waals surface area contributed by atoms with Gasteiger partial charge in [-0.05, 0) is 6.07 Å². The lowest BCUT2D eigenvalue weighted by molar-refractivity contribution is -0.0393. The maximum Gasteiger partial charge on any atom is 0.351 e. The minimum Gasteiger partial charge on any atom is -0.394 e. The number of alkyl halides is 1. The topological polar surface area (TPSA) is 90.4 Å². The van der Waals surface area contributed by atoms with Crippen LogP contribution in [0.4, 0.5) is 10.2 Å². The van der Waals surface area contributed by atoms with Crippen molar-refractivity contribution >= 4 is 5.82 Å². The lowest BCUT2D eigenvalue weighted by atomic mass is 10.2. The first-order chi connectivity index (χ1) is 7.61. The van der Waals surface area contributed by atoms with E-state index < -0.39 is 24.2 Å². The number of rotatable bonds is 2. The number of aliphatic hydroxyl groups excluding tert-OH is 1. The second kappa shape index (κ2) is 4.18. The van der Waals surface area contributed by atoms with E-state index in [1.807, 2.05) is 0 Å². The Morgan fingerprint density at radius 1 is 1.75 bits per heavy atom. The van der Waals surface area contributed by atoms with Crippen LogP contribution >= 0.6 is 0 Å². The van der Waals surface area contributed by atoms with Crippen molar-refractivity contribution in [1.82, 2.24) is 9.55 Å². The van der Waals surface area contributed by atoms with E-state index in [-0.39, 0.29) is 18.8 Å². The first-order valence-corrected chi connectivity index (χ1v) is 4.87. The molecule has 3 N–H and O–H groups in total. The number of hydrogen-bond donors (Lipinski definition) is 2. The molecule has 0 spiro atoms. The van der Waals surface area contributed by atoms with Gasteiger partial charge in [0.15, 0.2) is 6.23 Å². The van der Waals surface area contributed by atoms with Gasteiger partial charge in [0.2, 0.25) is 0 Å². The lowest BCUT2D eigenvalue weighted by Crippen LogP contribution is -2.30. The summed E-state index contributed by atoms with van der Waals surface area (Å²) in [5.41, 5.74) is 4.65. The zero-order valence-corrected chi connectivity index (χ0v) is 8.41. The smallest absolute Gasteiger partial charge is 0.351 e. The van der Waals surface area contributed by atoms with E-state index in [1.165, 1.54) is 12.3 Å². The number of hydrogen-bond acceptors (Lipinski definition) is 5. The molecular weight excluding hydrogens is 217 g/mol. The summed E-state index contributed by atoms with van der Waals surface area (Å²) in [6.07, 6.45) is -1.54. The van der Waals surface area contributed by atoms with E-state index in [4.69, 9.17) is 15.6 Å². The Bertz CT molecular complexity index is 436. The molecule has 0 amide bonds. The van der Waals surface area contributed by atoms with Gasteiger partial charge in [0.1, 0.15) is 12.0 Å². The van der Waals surface area contributed by atoms with Crippen LogP contribution in [0.3, 0.4) is 0 Å². The SMILES string of the molecule is Nc1ccn(C2OC(CO)C[C@@H]2F)c(=O)n1. The van der Waals surface area contributed by atoms with Crippen LogP contribution in [0.1, 0.15) is 12.6 Å². The monoisotopic (exact) mass is 229 g/mol. The summed E-state index contributed by atoms with van der Waals surface area (Å²) >= 11 is 0. The molecule has 0 radical (unpaired) electrons. The van der Waals surface area contributed by atoms with Crippen LogP contribution in [0.15, 0.2) is 17.1 Å². The Morgan fingerprint density at radius 3 is 3.06 bits per heavy atom. The molecule has 0 saturated carbocycles. The Morgan fingerprint density at radius 2 is 2.50 bits per heavy atom. The third kappa shape index (κ3) is 1.91. The van der Waals surface area contributed by atoms with E-state index in [9.17, 15) is 9.18 Å². The fourth-order valence-corrected chi connectivity index (χ4v) is 1.68. The largest absolute Gasteiger partial charge is 0.394 e. The van der Waals surface area contributed by atoms with Gasteiger partial charge in [-0.3, -0.25) is 4.57 Å². The summed E-state index contributed by atoms with van der Waals surface area (Å²) < 4.78 is 19.8. The zero-order chi connectivity index (χ0) is 11.7. The van der Waals surface area contributed by atoms with Crippen molar-refractivity contribution in [1.29, 1.82) is 0 Å². The Kier molecular flexibility index (Phi) is 2.88. The van der Waals surface area contributed by atoms with Crippen LogP contribution in [0.5, 0.6) is 0 Å². The third-order valence-electron chi connectivity index (χ3n) is 2.46. The molecule has 1 aromatic rings. The minimum atomic E-state index is -1.33. The molecule has 1 aromatic heterocycles. The van der Waals surface area contributed by atoms with Crippen molar-refractivity contribution in [2.45, 2.75) is 24.9 Å². The van der Waals surface area contributed by atoms with Crippen molar-refractivity contribution < 1.29 is 14.2 Å². The quantitative estimate of drug-likeness (QED) is 0.709. The van der Waals surface area contributed by atoms with E-state index in [0.717, 1.165) is 4.57 Å². The standard InChI is InChI=1S/C9H12FN3O3/c10-6-3-5(4-14)16-8(6)13-2-1-7(11)12-9(13)15/h1-2,5-6,8,14H,3-4H2,(H2,11,12,15)/t5?,6-,8?/m0/s1. The van der Waals surface area contributed by atoms with Gasteiger partial charge in [0, 0.05) is 12.6 Å². The molecule has 1 saturated heterocycles. The van der Waals surface area contributed by atoms with Crippen molar-refractivity contribution in [2.24, 2.45) is 0 Å². The normalized spacial score (nSPS) is 29.5. The van der Waals surface area contributed by atoms with Gasteiger partial charge in [-0.25, -0.2) is 9.18 Å². The van der Waals surface area contributed by atoms with Crippen LogP contribution in [0.25, 0.3) is 0 Å². The Balaban J connectivity index is 2.28. The van der Waals surface area contributed by atoms with Crippen LogP contribution in [0.2, 0.25) is 0 Å². The average molecular weight is 229 g/mol. The van der Waals surface area contributed by atoms with Gasteiger partial charge in [-0.1, -0.05) is 0 Å². The van der Waals surface area contributed by atoms with Gasteiger partial charge in [0.25, 0.3) is 0 Å². The van der Waals surface area contributed by atoms with Crippen LogP contribution in [0, 0.1) is 0 Å². The average Bonchev–Trinajstić information content (AvgIpc) is 2.60. The molecule has 1 aliphatic heterocycles. The third-order valence-corrected chi connectivity index (χ3v) is 2.46. The van der Waals surface area contributed by atoms with E-state index in [0.29, 0.717) is 0 Å². The van der Waals surface area contributed by atoms with Gasteiger partial charge < -0.3 is 15.6 Å². The highest BCUT2D eigenvalue weighted by Gasteiger charge is 2.36. The van der Waals surface area contributed by atoms with Gasteiger partial charge >= 0.3 is 5.69 Å². The molecule has 3 atom stereocenters. The molecule has 2 rings (SSSR count). The zero-order valence-electron chi connectivity index (χ0n) is 8.41. The predicted octanol–water partition coefficient (Wildman–Crippen LogP) is -0.557. The molecule has 0 aliphatic carbocycles. The molecule has 88 valence electrons. The lowest BCUT2D eigenvalue weighted by Gasteiger charge is -2.15. The van der Waals surface area contributed by atoms with E-state index >= 15 is 0 Å². The van der Waals surface area contributed by atoms with E-state index in [2.05, 4.69) is 4.98 Å². The molecule has 7 heteroatoms. The second-order valence-corrected chi connectivity index (χ2v) is 3.63. The number of aromatic nitrogens is 2. The minimum absolute atomic E-state index is 0.0674. The summed E-state index contributed by atoms with van der Waals surface area (Å²) in [6, 6.07) is 1.39. The first-order valence-electron chi connectivity index (χ1n) is 4.87. The molecule has 6 nitrogen and oxygen atoms in total. The highest BCUT2D eigenvalue weighted by Crippen LogP contribution is 2.29. The summed E-state index contributed by atoms with van der Waals surface area (Å²) in [5.74, 6) is 0.0772. The van der Waals surface area contributed by atoms with Crippen molar-refractivity contribution in [3.05, 3.63) is 22.7 Å². The van der Waals surface area contributed by atoms with Gasteiger partial charge in [-0.2, -0.15) is 4.98 Å². The number of ether oxygens (including phenoxy) is 1. The van der Waals surface area contributed by atoms with Crippen molar-refractivity contribution in [2.75, 3.05) is 12.3 Å². The predicted molar refractivity (Wildman–Crippen MR) is 53.4 cm³/mol. The molecule has 1 fully saturated rings.